The molecule has 1 aliphatic rings. The van der Waals surface area contributed by atoms with Gasteiger partial charge in [0, 0.05) is 62.9 Å². The van der Waals surface area contributed by atoms with Crippen molar-refractivity contribution in [3.63, 3.8) is 0 Å². The number of halogens is 2. The zero-order valence-electron chi connectivity index (χ0n) is 27.7. The number of carbonyl (C=O) groups is 1. The zero-order chi connectivity index (χ0) is 33.6. The predicted octanol–water partition coefficient (Wildman–Crippen LogP) is 6.40. The summed E-state index contributed by atoms with van der Waals surface area (Å²) in [5.74, 6) is -0.121. The van der Waals surface area contributed by atoms with E-state index in [0.717, 1.165) is 58.8 Å². The number of rotatable bonds is 12. The molecule has 0 radical (unpaired) electrons. The van der Waals surface area contributed by atoms with Gasteiger partial charge in [0.2, 0.25) is 0 Å². The number of hydrogen-bond acceptors (Lipinski definition) is 7. The molecule has 9 heteroatoms. The minimum absolute atomic E-state index is 0.121. The fraction of sp³-hybridized carbons (Fsp3) is 0.486. The number of alkyl halides is 2. The van der Waals surface area contributed by atoms with Gasteiger partial charge in [0.25, 0.3) is 0 Å². The van der Waals surface area contributed by atoms with Crippen molar-refractivity contribution in [2.75, 3.05) is 43.4 Å². The van der Waals surface area contributed by atoms with E-state index in [2.05, 4.69) is 108 Å². The minimum atomic E-state index is -0.380. The Morgan fingerprint density at radius 1 is 0.826 bits per heavy atom. The largest absolute Gasteiger partial charge is 0.460 e. The molecule has 4 rings (SSSR count). The van der Waals surface area contributed by atoms with Gasteiger partial charge in [-0.1, -0.05) is 123 Å². The van der Waals surface area contributed by atoms with Gasteiger partial charge in [-0.25, -0.2) is 0 Å². The van der Waals surface area contributed by atoms with Gasteiger partial charge in [-0.05, 0) is 50.4 Å². The molecule has 1 saturated heterocycles. The molecule has 1 aliphatic heterocycles. The molecule has 0 bridgehead atoms. The van der Waals surface area contributed by atoms with Gasteiger partial charge in [0.05, 0.1) is 12.2 Å². The van der Waals surface area contributed by atoms with Crippen LogP contribution in [0.3, 0.4) is 0 Å². The maximum absolute atomic E-state index is 11.4. The number of aliphatic hydroxyl groups excluding tert-OH is 2. The Balaban J connectivity index is 0.000000277. The lowest BCUT2D eigenvalue weighted by Crippen LogP contribution is -2.33. The summed E-state index contributed by atoms with van der Waals surface area (Å²) in [6.07, 6.45) is 0.765. The highest BCUT2D eigenvalue weighted by Crippen LogP contribution is 2.12. The second-order valence-electron chi connectivity index (χ2n) is 12.4. The van der Waals surface area contributed by atoms with Crippen LogP contribution < -0.4 is 5.32 Å². The predicted molar refractivity (Wildman–Crippen MR) is 196 cm³/mol. The first-order chi connectivity index (χ1) is 22.1. The third kappa shape index (κ3) is 19.5. The zero-order valence-corrected chi connectivity index (χ0v) is 30.8. The third-order valence-corrected chi connectivity index (χ3v) is 8.35. The molecular weight excluding hydrogens is 710 g/mol. The van der Waals surface area contributed by atoms with Crippen LogP contribution in [0.1, 0.15) is 50.3 Å². The average molecular weight is 764 g/mol. The van der Waals surface area contributed by atoms with E-state index in [1.54, 1.807) is 0 Å². The summed E-state index contributed by atoms with van der Waals surface area (Å²) in [4.78, 5) is 16.1. The molecular formula is C37H53Br2N3O4. The molecule has 1 fully saturated rings. The van der Waals surface area contributed by atoms with Gasteiger partial charge >= 0.3 is 5.97 Å². The van der Waals surface area contributed by atoms with Crippen molar-refractivity contribution in [2.24, 2.45) is 0 Å². The lowest BCUT2D eigenvalue weighted by Gasteiger charge is -2.21. The molecule has 7 nitrogen and oxygen atoms in total. The van der Waals surface area contributed by atoms with E-state index in [9.17, 15) is 9.90 Å². The maximum atomic E-state index is 11.4. The molecule has 0 amide bonds. The van der Waals surface area contributed by atoms with E-state index in [0.29, 0.717) is 17.1 Å². The minimum Gasteiger partial charge on any atom is -0.460 e. The van der Waals surface area contributed by atoms with E-state index < -0.39 is 0 Å². The van der Waals surface area contributed by atoms with Gasteiger partial charge in [0.1, 0.15) is 5.60 Å². The number of nitrogens with one attached hydrogen (secondary N) is 1. The Kier molecular flexibility index (Phi) is 20.3. The number of hydrogen-bond donors (Lipinski definition) is 3. The van der Waals surface area contributed by atoms with Crippen LogP contribution in [0.15, 0.2) is 91.0 Å². The fourth-order valence-electron chi connectivity index (χ4n) is 4.71. The molecule has 3 aromatic carbocycles. The smallest absolute Gasteiger partial charge is 0.306 e. The van der Waals surface area contributed by atoms with Gasteiger partial charge in [0.15, 0.2) is 0 Å². The van der Waals surface area contributed by atoms with E-state index >= 15 is 0 Å². The van der Waals surface area contributed by atoms with Crippen LogP contribution in [0.25, 0.3) is 0 Å². The topological polar surface area (TPSA) is 85.3 Å². The van der Waals surface area contributed by atoms with Crippen molar-refractivity contribution in [3.05, 3.63) is 108 Å². The van der Waals surface area contributed by atoms with Crippen LogP contribution >= 0.6 is 31.9 Å². The van der Waals surface area contributed by atoms with Gasteiger partial charge in [-0.2, -0.15) is 0 Å². The summed E-state index contributed by atoms with van der Waals surface area (Å²) < 4.78 is 5.24. The second kappa shape index (κ2) is 23.3. The number of nitrogens with zero attached hydrogens (tertiary/aromatic N) is 2. The first-order valence-corrected chi connectivity index (χ1v) is 18.3. The summed E-state index contributed by atoms with van der Waals surface area (Å²) in [7, 11) is 0. The first-order valence-electron chi connectivity index (χ1n) is 16.0. The van der Waals surface area contributed by atoms with Crippen molar-refractivity contribution < 1.29 is 19.7 Å². The molecule has 0 aromatic heterocycles. The highest BCUT2D eigenvalue weighted by atomic mass is 79.9. The van der Waals surface area contributed by atoms with Crippen molar-refractivity contribution >= 4 is 37.8 Å². The molecule has 3 N–H and O–H groups in total. The summed E-state index contributed by atoms with van der Waals surface area (Å²) >= 11 is 6.19. The normalized spacial score (nSPS) is 14.4. The number of benzene rings is 3. The van der Waals surface area contributed by atoms with Crippen molar-refractivity contribution in [3.8, 4) is 0 Å². The van der Waals surface area contributed by atoms with Crippen molar-refractivity contribution in [1.82, 2.24) is 15.1 Å². The summed E-state index contributed by atoms with van der Waals surface area (Å²) in [5, 5.41) is 23.5. The number of carbonyl (C=O) groups excluding carboxylic acids is 1. The molecule has 46 heavy (non-hydrogen) atoms. The van der Waals surface area contributed by atoms with Gasteiger partial charge in [-0.15, -0.1) is 0 Å². The lowest BCUT2D eigenvalue weighted by molar-refractivity contribution is -0.154. The van der Waals surface area contributed by atoms with Crippen LogP contribution in [0.4, 0.5) is 0 Å². The second-order valence-corrected chi connectivity index (χ2v) is 13.7. The molecule has 0 aliphatic carbocycles. The van der Waals surface area contributed by atoms with E-state index in [1.165, 1.54) is 16.7 Å². The van der Waals surface area contributed by atoms with Crippen molar-refractivity contribution in [2.45, 2.75) is 71.1 Å². The quantitative estimate of drug-likeness (QED) is 0.112. The Labute approximate surface area is 293 Å². The number of esters is 1. The van der Waals surface area contributed by atoms with E-state index in [1.807, 2.05) is 51.1 Å². The highest BCUT2D eigenvalue weighted by Gasteiger charge is 2.21. The van der Waals surface area contributed by atoms with Crippen LogP contribution in [-0.2, 0) is 29.2 Å². The van der Waals surface area contributed by atoms with Crippen LogP contribution in [0, 0.1) is 0 Å². The van der Waals surface area contributed by atoms with Crippen LogP contribution in [0.2, 0.25) is 0 Å². The van der Waals surface area contributed by atoms with E-state index in [-0.39, 0.29) is 23.8 Å². The molecule has 254 valence electrons. The SMILES string of the molecule is CC(C)(C)OC(=O)CCCNCc1ccccc1.OC(CBr)CBr.OC1CN(Cc2ccccc2)CCN(Cc2ccccc2)C1. The molecule has 0 atom stereocenters. The lowest BCUT2D eigenvalue weighted by atomic mass is 10.2. The Morgan fingerprint density at radius 2 is 1.26 bits per heavy atom. The number of β-amino-alcohol motifs (C(OH)–C–C–N with tert-alkyl or cyclic N) is 1. The summed E-state index contributed by atoms with van der Waals surface area (Å²) in [6, 6.07) is 31.2. The molecule has 0 unspecified atom stereocenters. The Hall–Kier alpha value is -2.11. The standard InChI is InChI=1S/C19H24N2O.C15H23NO2.C3H6Br2O/c22-19-15-20(13-17-7-3-1-4-8-17)11-12-21(16-19)14-18-9-5-2-6-10-18;1-15(2,3)18-14(17)10-7-11-16-12-13-8-5-4-6-9-13;4-1-3(6)2-5/h1-10,19,22H,11-16H2;4-6,8-9,16H,7,10-12H2,1-3H3;3,6H,1-2H2. The molecule has 3 aromatic rings. The molecule has 1 heterocycles. The Bertz CT molecular complexity index is 1130. The third-order valence-electron chi connectivity index (χ3n) is 6.85. The van der Waals surface area contributed by atoms with Crippen molar-refractivity contribution in [1.29, 1.82) is 0 Å². The summed E-state index contributed by atoms with van der Waals surface area (Å²) in [5.41, 5.74) is 3.50. The first kappa shape index (κ1) is 40.1. The number of aliphatic hydroxyl groups is 2. The van der Waals surface area contributed by atoms with Crippen LogP contribution in [0.5, 0.6) is 0 Å². The molecule has 0 saturated carbocycles. The van der Waals surface area contributed by atoms with Gasteiger partial charge < -0.3 is 20.3 Å². The summed E-state index contributed by atoms with van der Waals surface area (Å²) in [6.45, 7) is 12.7. The highest BCUT2D eigenvalue weighted by molar-refractivity contribution is 9.09. The van der Waals surface area contributed by atoms with E-state index in [4.69, 9.17) is 9.84 Å². The van der Waals surface area contributed by atoms with Crippen LogP contribution in [-0.4, -0.2) is 87.2 Å². The average Bonchev–Trinajstić information content (AvgIpc) is 3.21. The Morgan fingerprint density at radius 3 is 1.65 bits per heavy atom. The maximum Gasteiger partial charge on any atom is 0.306 e. The number of ether oxygens (including phenoxy) is 1. The monoisotopic (exact) mass is 761 g/mol. The molecule has 0 spiro atoms. The van der Waals surface area contributed by atoms with Gasteiger partial charge in [-0.3, -0.25) is 14.6 Å². The fourth-order valence-corrected chi connectivity index (χ4v) is 5.78.